The normalized spacial score (nSPS) is 10.4. The van der Waals surface area contributed by atoms with Gasteiger partial charge in [-0.05, 0) is 53.9 Å². The average molecular weight is 453 g/mol. The van der Waals surface area contributed by atoms with Crippen molar-refractivity contribution in [3.05, 3.63) is 99.5 Å². The van der Waals surface area contributed by atoms with E-state index in [-0.39, 0.29) is 12.4 Å². The van der Waals surface area contributed by atoms with Crippen LogP contribution < -0.4 is 4.74 Å². The van der Waals surface area contributed by atoms with Gasteiger partial charge in [0.1, 0.15) is 12.4 Å². The highest BCUT2D eigenvalue weighted by atomic mass is 79.9. The van der Waals surface area contributed by atoms with Gasteiger partial charge in [-0.15, -0.1) is 0 Å². The second-order valence-electron chi connectivity index (χ2n) is 6.49. The fraction of sp³-hybridized carbons (Fsp3) is 0.167. The van der Waals surface area contributed by atoms with E-state index in [1.165, 1.54) is 0 Å². The van der Waals surface area contributed by atoms with Crippen molar-refractivity contribution in [1.82, 2.24) is 0 Å². The summed E-state index contributed by atoms with van der Waals surface area (Å²) < 4.78 is 11.9. The molecule has 0 bridgehead atoms. The number of carbonyl (C=O) groups is 2. The van der Waals surface area contributed by atoms with E-state index in [0.717, 1.165) is 27.8 Å². The van der Waals surface area contributed by atoms with Crippen molar-refractivity contribution in [3.63, 3.8) is 0 Å². The lowest BCUT2D eigenvalue weighted by atomic mass is 10.1. The molecule has 0 fully saturated rings. The molecule has 0 amide bonds. The van der Waals surface area contributed by atoms with Gasteiger partial charge < -0.3 is 9.47 Å². The molecule has 5 heteroatoms. The zero-order chi connectivity index (χ0) is 20.6. The van der Waals surface area contributed by atoms with Crippen LogP contribution in [0.25, 0.3) is 0 Å². The summed E-state index contributed by atoms with van der Waals surface area (Å²) in [4.78, 5) is 24.4. The lowest BCUT2D eigenvalue weighted by Crippen LogP contribution is -2.14. The van der Waals surface area contributed by atoms with Gasteiger partial charge in [0.2, 0.25) is 0 Å². The van der Waals surface area contributed by atoms with Gasteiger partial charge in [0.25, 0.3) is 0 Å². The van der Waals surface area contributed by atoms with Crippen molar-refractivity contribution in [2.24, 2.45) is 0 Å². The zero-order valence-electron chi connectivity index (χ0n) is 16.1. The van der Waals surface area contributed by atoms with E-state index in [9.17, 15) is 9.59 Å². The highest BCUT2D eigenvalue weighted by Gasteiger charge is 2.12. The molecule has 0 aliphatic heterocycles. The highest BCUT2D eigenvalue weighted by molar-refractivity contribution is 9.10. The van der Waals surface area contributed by atoms with Crippen LogP contribution in [0.5, 0.6) is 5.75 Å². The molecule has 0 heterocycles. The molecule has 0 atom stereocenters. The van der Waals surface area contributed by atoms with Crippen molar-refractivity contribution >= 4 is 27.7 Å². The van der Waals surface area contributed by atoms with Crippen molar-refractivity contribution in [2.75, 3.05) is 6.61 Å². The van der Waals surface area contributed by atoms with Gasteiger partial charge in [-0.1, -0.05) is 59.3 Å². The van der Waals surface area contributed by atoms with E-state index in [4.69, 9.17) is 9.47 Å². The van der Waals surface area contributed by atoms with Gasteiger partial charge >= 0.3 is 5.97 Å². The second-order valence-corrected chi connectivity index (χ2v) is 7.40. The summed E-state index contributed by atoms with van der Waals surface area (Å²) in [5.74, 6) is 0.0200. The predicted molar refractivity (Wildman–Crippen MR) is 115 cm³/mol. The monoisotopic (exact) mass is 452 g/mol. The van der Waals surface area contributed by atoms with Crippen LogP contribution in [0.1, 0.15) is 38.8 Å². The van der Waals surface area contributed by atoms with E-state index in [2.05, 4.69) is 22.9 Å². The largest absolute Gasteiger partial charge is 0.489 e. The first-order chi connectivity index (χ1) is 14.0. The maximum atomic E-state index is 12.2. The summed E-state index contributed by atoms with van der Waals surface area (Å²) in [6.45, 7) is 2.17. The highest BCUT2D eigenvalue weighted by Crippen LogP contribution is 2.17. The number of halogens is 1. The molecule has 4 nitrogen and oxygen atoms in total. The standard InChI is InChI=1S/C24H21BrO4/c1-2-17-3-7-19(8-4-17)23(26)16-29-24(27)20-9-5-18(6-10-20)15-28-22-13-11-21(25)12-14-22/h3-14H,2,15-16H2,1H3. The van der Waals surface area contributed by atoms with Crippen molar-refractivity contribution < 1.29 is 19.1 Å². The maximum absolute atomic E-state index is 12.2. The Morgan fingerprint density at radius 2 is 1.38 bits per heavy atom. The Labute approximate surface area is 178 Å². The summed E-state index contributed by atoms with van der Waals surface area (Å²) >= 11 is 3.38. The van der Waals surface area contributed by atoms with Crippen molar-refractivity contribution in [2.45, 2.75) is 20.0 Å². The number of aryl methyl sites for hydroxylation is 1. The third kappa shape index (κ3) is 6.03. The molecular formula is C24H21BrO4. The minimum atomic E-state index is -0.524. The number of ether oxygens (including phenoxy) is 2. The smallest absolute Gasteiger partial charge is 0.338 e. The van der Waals surface area contributed by atoms with E-state index >= 15 is 0 Å². The molecule has 0 saturated carbocycles. The number of ketones is 1. The molecule has 0 aliphatic carbocycles. The van der Waals surface area contributed by atoms with Gasteiger partial charge in [-0.25, -0.2) is 4.79 Å². The van der Waals surface area contributed by atoms with Crippen molar-refractivity contribution in [3.8, 4) is 5.75 Å². The number of carbonyl (C=O) groups excluding carboxylic acids is 2. The van der Waals surface area contributed by atoms with Gasteiger partial charge in [0.05, 0.1) is 5.56 Å². The SMILES string of the molecule is CCc1ccc(C(=O)COC(=O)c2ccc(COc3ccc(Br)cc3)cc2)cc1. The number of esters is 1. The minimum absolute atomic E-state index is 0.222. The molecule has 0 aromatic heterocycles. The molecule has 0 aliphatic rings. The topological polar surface area (TPSA) is 52.6 Å². The Hall–Kier alpha value is -2.92. The Bertz CT molecular complexity index is 961. The minimum Gasteiger partial charge on any atom is -0.489 e. The van der Waals surface area contributed by atoms with Gasteiger partial charge in [0, 0.05) is 10.0 Å². The van der Waals surface area contributed by atoms with E-state index in [1.807, 2.05) is 36.4 Å². The maximum Gasteiger partial charge on any atom is 0.338 e. The van der Waals surface area contributed by atoms with Crippen LogP contribution in [0, 0.1) is 0 Å². The Morgan fingerprint density at radius 3 is 2.00 bits per heavy atom. The molecule has 148 valence electrons. The van der Waals surface area contributed by atoms with Gasteiger partial charge in [-0.2, -0.15) is 0 Å². The van der Waals surface area contributed by atoms with Crippen LogP contribution in [0.3, 0.4) is 0 Å². The molecule has 0 saturated heterocycles. The molecule has 0 radical (unpaired) electrons. The van der Waals surface area contributed by atoms with Gasteiger partial charge in [-0.3, -0.25) is 4.79 Å². The Kier molecular flexibility index (Phi) is 7.19. The van der Waals surface area contributed by atoms with Crippen LogP contribution in [-0.4, -0.2) is 18.4 Å². The number of hydrogen-bond acceptors (Lipinski definition) is 4. The molecule has 3 aromatic rings. The number of hydrogen-bond donors (Lipinski definition) is 0. The fourth-order valence-electron chi connectivity index (χ4n) is 2.66. The molecule has 29 heavy (non-hydrogen) atoms. The molecular weight excluding hydrogens is 432 g/mol. The second kappa shape index (κ2) is 10.0. The first kappa shape index (κ1) is 20.8. The van der Waals surface area contributed by atoms with E-state index in [0.29, 0.717) is 17.7 Å². The van der Waals surface area contributed by atoms with Crippen LogP contribution in [0.2, 0.25) is 0 Å². The number of benzene rings is 3. The number of rotatable bonds is 8. The van der Waals surface area contributed by atoms with E-state index < -0.39 is 5.97 Å². The number of Topliss-reactive ketones (excluding diaryl/α,β-unsaturated/α-hetero) is 1. The van der Waals surface area contributed by atoms with E-state index in [1.54, 1.807) is 36.4 Å². The zero-order valence-corrected chi connectivity index (χ0v) is 17.6. The molecule has 3 rings (SSSR count). The molecule has 3 aromatic carbocycles. The lowest BCUT2D eigenvalue weighted by molar-refractivity contribution is 0.0474. The van der Waals surface area contributed by atoms with Crippen LogP contribution >= 0.6 is 15.9 Å². The lowest BCUT2D eigenvalue weighted by Gasteiger charge is -2.08. The average Bonchev–Trinajstić information content (AvgIpc) is 2.77. The first-order valence-electron chi connectivity index (χ1n) is 9.31. The van der Waals surface area contributed by atoms with Crippen LogP contribution in [-0.2, 0) is 17.8 Å². The third-order valence-electron chi connectivity index (χ3n) is 4.43. The van der Waals surface area contributed by atoms with Crippen LogP contribution in [0.4, 0.5) is 0 Å². The predicted octanol–water partition coefficient (Wildman–Crippen LogP) is 5.63. The summed E-state index contributed by atoms with van der Waals surface area (Å²) in [6, 6.07) is 21.9. The van der Waals surface area contributed by atoms with Crippen LogP contribution in [0.15, 0.2) is 77.3 Å². The third-order valence-corrected chi connectivity index (χ3v) is 4.96. The Balaban J connectivity index is 1.50. The molecule has 0 spiro atoms. The summed E-state index contributed by atoms with van der Waals surface area (Å²) in [7, 11) is 0. The molecule has 0 N–H and O–H groups in total. The van der Waals surface area contributed by atoms with Crippen molar-refractivity contribution in [1.29, 1.82) is 0 Å². The van der Waals surface area contributed by atoms with Gasteiger partial charge in [0.15, 0.2) is 12.4 Å². The fourth-order valence-corrected chi connectivity index (χ4v) is 2.92. The first-order valence-corrected chi connectivity index (χ1v) is 10.1. The summed E-state index contributed by atoms with van der Waals surface area (Å²) in [5, 5.41) is 0. The Morgan fingerprint density at radius 1 is 0.793 bits per heavy atom. The summed E-state index contributed by atoms with van der Waals surface area (Å²) in [5.41, 5.74) is 3.02. The summed E-state index contributed by atoms with van der Waals surface area (Å²) in [6.07, 6.45) is 0.910. The molecule has 0 unspecified atom stereocenters. The quantitative estimate of drug-likeness (QED) is 0.328.